The normalized spacial score (nSPS) is 18.4. The van der Waals surface area contributed by atoms with Crippen LogP contribution in [0.25, 0.3) is 0 Å². The molecule has 0 unspecified atom stereocenters. The molecule has 1 atom stereocenters. The predicted octanol–water partition coefficient (Wildman–Crippen LogP) is 2.72. The molecule has 0 aromatic heterocycles. The largest absolute Gasteiger partial charge is 0.469 e. The van der Waals surface area contributed by atoms with Crippen molar-refractivity contribution in [2.75, 3.05) is 7.11 Å². The molecule has 0 aliphatic carbocycles. The molecule has 118 valence electrons. The molecular formula is C16H24O5. The highest BCUT2D eigenvalue weighted by Gasteiger charge is 2.28. The molecule has 0 saturated carbocycles. The van der Waals surface area contributed by atoms with Crippen LogP contribution in [0.4, 0.5) is 0 Å². The second-order valence-electron chi connectivity index (χ2n) is 5.49. The van der Waals surface area contributed by atoms with E-state index in [0.29, 0.717) is 19.3 Å². The molecule has 1 aliphatic heterocycles. The first-order chi connectivity index (χ1) is 9.95. The molecule has 0 radical (unpaired) electrons. The molecule has 1 aliphatic rings. The maximum atomic E-state index is 12.1. The fourth-order valence-corrected chi connectivity index (χ4v) is 2.48. The summed E-state index contributed by atoms with van der Waals surface area (Å²) in [5.74, 6) is -0.815. The van der Waals surface area contributed by atoms with Crippen LogP contribution in [0.15, 0.2) is 11.1 Å². The summed E-state index contributed by atoms with van der Waals surface area (Å²) in [5, 5.41) is 0. The van der Waals surface area contributed by atoms with E-state index in [0.717, 1.165) is 31.3 Å². The maximum Gasteiger partial charge on any atom is 0.341 e. The number of unbranched alkanes of at least 4 members (excludes halogenated alkanes) is 3. The molecule has 0 fully saturated rings. The Labute approximate surface area is 125 Å². The molecule has 0 aromatic carbocycles. The second-order valence-corrected chi connectivity index (χ2v) is 5.49. The average Bonchev–Trinajstić information content (AvgIpc) is 2.41. The van der Waals surface area contributed by atoms with Crippen molar-refractivity contribution in [1.29, 1.82) is 0 Å². The zero-order valence-corrected chi connectivity index (χ0v) is 13.1. The molecule has 0 amide bonds. The van der Waals surface area contributed by atoms with Gasteiger partial charge in [-0.15, -0.1) is 0 Å². The van der Waals surface area contributed by atoms with E-state index in [2.05, 4.69) is 4.74 Å². The summed E-state index contributed by atoms with van der Waals surface area (Å²) in [6, 6.07) is 0. The predicted molar refractivity (Wildman–Crippen MR) is 77.6 cm³/mol. The highest BCUT2D eigenvalue weighted by Crippen LogP contribution is 2.23. The van der Waals surface area contributed by atoms with Crippen molar-refractivity contribution in [3.63, 3.8) is 0 Å². The first-order valence-electron chi connectivity index (χ1n) is 7.46. The van der Waals surface area contributed by atoms with Crippen LogP contribution in [0.1, 0.15) is 58.8 Å². The molecule has 0 bridgehead atoms. The van der Waals surface area contributed by atoms with Gasteiger partial charge in [0, 0.05) is 19.3 Å². The molecule has 5 heteroatoms. The third kappa shape index (κ3) is 5.69. The van der Waals surface area contributed by atoms with Gasteiger partial charge in [-0.05, 0) is 26.7 Å². The first kappa shape index (κ1) is 17.4. The molecule has 1 heterocycles. The first-order valence-corrected chi connectivity index (χ1v) is 7.46. The summed E-state index contributed by atoms with van der Waals surface area (Å²) in [7, 11) is 1.38. The van der Waals surface area contributed by atoms with Crippen molar-refractivity contribution >= 4 is 17.7 Å². The highest BCUT2D eigenvalue weighted by molar-refractivity contribution is 6.18. The lowest BCUT2D eigenvalue weighted by molar-refractivity contribution is -0.146. The van der Waals surface area contributed by atoms with E-state index in [-0.39, 0.29) is 23.4 Å². The monoisotopic (exact) mass is 296 g/mol. The number of ketones is 1. The smallest absolute Gasteiger partial charge is 0.341 e. The van der Waals surface area contributed by atoms with E-state index >= 15 is 0 Å². The van der Waals surface area contributed by atoms with Gasteiger partial charge in [-0.1, -0.05) is 18.4 Å². The summed E-state index contributed by atoms with van der Waals surface area (Å²) >= 11 is 0. The summed E-state index contributed by atoms with van der Waals surface area (Å²) in [6.45, 7) is 3.64. The van der Waals surface area contributed by atoms with Crippen molar-refractivity contribution in [3.05, 3.63) is 11.1 Å². The fourth-order valence-electron chi connectivity index (χ4n) is 2.48. The Morgan fingerprint density at radius 1 is 1.19 bits per heavy atom. The van der Waals surface area contributed by atoms with Gasteiger partial charge in [0.2, 0.25) is 0 Å². The van der Waals surface area contributed by atoms with Crippen LogP contribution in [-0.2, 0) is 23.9 Å². The maximum absolute atomic E-state index is 12.1. The van der Waals surface area contributed by atoms with Crippen LogP contribution in [0.5, 0.6) is 0 Å². The van der Waals surface area contributed by atoms with E-state index < -0.39 is 5.97 Å². The minimum Gasteiger partial charge on any atom is -0.469 e. The summed E-state index contributed by atoms with van der Waals surface area (Å²) in [6.07, 6.45) is 4.48. The number of rotatable bonds is 8. The minimum absolute atomic E-state index is 0.127. The summed E-state index contributed by atoms with van der Waals surface area (Å²) in [5.41, 5.74) is 1.07. The molecule has 0 aromatic rings. The number of Topliss-reactive ketones (excluding diaryl/α,β-unsaturated/α-hetero) is 1. The SMILES string of the molecule is COC(=O)CCCCCCC(=O)C1=C(C)C[C@H](C)OC1=O. The van der Waals surface area contributed by atoms with Crippen LogP contribution < -0.4 is 0 Å². The number of esters is 2. The van der Waals surface area contributed by atoms with Gasteiger partial charge in [0.05, 0.1) is 7.11 Å². The molecule has 21 heavy (non-hydrogen) atoms. The van der Waals surface area contributed by atoms with Crippen LogP contribution in [0, 0.1) is 0 Å². The van der Waals surface area contributed by atoms with Crippen molar-refractivity contribution in [1.82, 2.24) is 0 Å². The lowest BCUT2D eigenvalue weighted by atomic mass is 9.95. The van der Waals surface area contributed by atoms with Gasteiger partial charge in [-0.2, -0.15) is 0 Å². The Balaban J connectivity index is 2.29. The Hall–Kier alpha value is -1.65. The number of ether oxygens (including phenoxy) is 2. The Kier molecular flexibility index (Phi) is 7.12. The summed E-state index contributed by atoms with van der Waals surface area (Å²) in [4.78, 5) is 34.8. The van der Waals surface area contributed by atoms with Crippen molar-refractivity contribution in [2.45, 2.75) is 64.9 Å². The molecule has 0 N–H and O–H groups in total. The highest BCUT2D eigenvalue weighted by atomic mass is 16.5. The van der Waals surface area contributed by atoms with Gasteiger partial charge in [0.1, 0.15) is 11.7 Å². The van der Waals surface area contributed by atoms with Crippen LogP contribution in [0.2, 0.25) is 0 Å². The van der Waals surface area contributed by atoms with Crippen molar-refractivity contribution < 1.29 is 23.9 Å². The second kappa shape index (κ2) is 8.60. The molecule has 1 rings (SSSR count). The third-order valence-electron chi connectivity index (χ3n) is 3.57. The van der Waals surface area contributed by atoms with E-state index in [4.69, 9.17) is 4.74 Å². The van der Waals surface area contributed by atoms with Gasteiger partial charge in [-0.25, -0.2) is 4.79 Å². The van der Waals surface area contributed by atoms with E-state index in [9.17, 15) is 14.4 Å². The van der Waals surface area contributed by atoms with E-state index in [1.165, 1.54) is 7.11 Å². The third-order valence-corrected chi connectivity index (χ3v) is 3.57. The zero-order valence-electron chi connectivity index (χ0n) is 13.1. The van der Waals surface area contributed by atoms with E-state index in [1.54, 1.807) is 0 Å². The quantitative estimate of drug-likeness (QED) is 0.391. The van der Waals surface area contributed by atoms with Crippen molar-refractivity contribution in [2.24, 2.45) is 0 Å². The number of hydrogen-bond donors (Lipinski definition) is 0. The number of carbonyl (C=O) groups is 3. The van der Waals surface area contributed by atoms with Crippen LogP contribution in [-0.4, -0.2) is 30.9 Å². The number of cyclic esters (lactones) is 1. The van der Waals surface area contributed by atoms with Crippen LogP contribution in [0.3, 0.4) is 0 Å². The molecular weight excluding hydrogens is 272 g/mol. The lowest BCUT2D eigenvalue weighted by Crippen LogP contribution is -2.27. The Morgan fingerprint density at radius 2 is 1.81 bits per heavy atom. The topological polar surface area (TPSA) is 69.7 Å². The standard InChI is InChI=1S/C16H24O5/c1-11-10-12(2)21-16(19)15(11)13(17)8-6-4-5-7-9-14(18)20-3/h12H,4-10H2,1-3H3/t12-/m0/s1. The van der Waals surface area contributed by atoms with E-state index in [1.807, 2.05) is 13.8 Å². The van der Waals surface area contributed by atoms with Crippen LogP contribution >= 0.6 is 0 Å². The number of hydrogen-bond acceptors (Lipinski definition) is 5. The molecule has 0 saturated heterocycles. The Bertz CT molecular complexity index is 436. The van der Waals surface area contributed by atoms with Gasteiger partial charge in [0.15, 0.2) is 5.78 Å². The van der Waals surface area contributed by atoms with Gasteiger partial charge in [-0.3, -0.25) is 9.59 Å². The lowest BCUT2D eigenvalue weighted by Gasteiger charge is -2.22. The number of carbonyl (C=O) groups excluding carboxylic acids is 3. The molecule has 5 nitrogen and oxygen atoms in total. The average molecular weight is 296 g/mol. The summed E-state index contributed by atoms with van der Waals surface area (Å²) < 4.78 is 9.66. The zero-order chi connectivity index (χ0) is 15.8. The van der Waals surface area contributed by atoms with Crippen molar-refractivity contribution in [3.8, 4) is 0 Å². The van der Waals surface area contributed by atoms with Gasteiger partial charge >= 0.3 is 11.9 Å². The Morgan fingerprint density at radius 3 is 2.38 bits per heavy atom. The minimum atomic E-state index is -0.484. The number of methoxy groups -OCH3 is 1. The fraction of sp³-hybridized carbons (Fsp3) is 0.688. The molecule has 0 spiro atoms. The van der Waals surface area contributed by atoms with Gasteiger partial charge < -0.3 is 9.47 Å². The van der Waals surface area contributed by atoms with Gasteiger partial charge in [0.25, 0.3) is 0 Å².